The van der Waals surface area contributed by atoms with Gasteiger partial charge in [0.1, 0.15) is 5.65 Å². The summed E-state index contributed by atoms with van der Waals surface area (Å²) < 4.78 is 2.20. The van der Waals surface area contributed by atoms with E-state index >= 15 is 0 Å². The van der Waals surface area contributed by atoms with Crippen molar-refractivity contribution in [3.63, 3.8) is 0 Å². The zero-order valence-corrected chi connectivity index (χ0v) is 15.6. The van der Waals surface area contributed by atoms with Crippen LogP contribution in [0.1, 0.15) is 5.69 Å². The van der Waals surface area contributed by atoms with E-state index in [1.54, 1.807) is 0 Å². The molecule has 3 nitrogen and oxygen atoms in total. The number of fused-ring (bicyclic) bond motifs is 1. The fraction of sp³-hybridized carbons (Fsp3) is 0.136. The molecule has 4 rings (SSSR count). The minimum absolute atomic E-state index is 0.734. The number of hydrogen-bond acceptors (Lipinski definition) is 2. The van der Waals surface area contributed by atoms with Crippen LogP contribution in [0, 0.1) is 0 Å². The highest BCUT2D eigenvalue weighted by Gasteiger charge is 2.15. The number of aromatic nitrogens is 2. The zero-order chi connectivity index (χ0) is 18.1. The number of imidazole rings is 1. The Morgan fingerprint density at radius 1 is 0.846 bits per heavy atom. The van der Waals surface area contributed by atoms with Crippen molar-refractivity contribution in [2.24, 2.45) is 0 Å². The second-order valence-electron chi connectivity index (χ2n) is 6.66. The molecule has 0 bridgehead atoms. The molecular formula is C22H20ClN3. The number of halogens is 1. The lowest BCUT2D eigenvalue weighted by atomic mass is 10.1. The summed E-state index contributed by atoms with van der Waals surface area (Å²) >= 11 is 6.06. The maximum absolute atomic E-state index is 6.06. The van der Waals surface area contributed by atoms with E-state index in [2.05, 4.69) is 66.0 Å². The molecule has 130 valence electrons. The fourth-order valence-corrected chi connectivity index (χ4v) is 3.31. The monoisotopic (exact) mass is 361 g/mol. The maximum atomic E-state index is 6.06. The molecule has 0 aliphatic rings. The largest absolute Gasteiger partial charge is 0.304 e. The summed E-state index contributed by atoms with van der Waals surface area (Å²) in [5, 5.41) is 0.734. The van der Waals surface area contributed by atoms with Crippen LogP contribution in [0.15, 0.2) is 72.9 Å². The second-order valence-corrected chi connectivity index (χ2v) is 7.10. The van der Waals surface area contributed by atoms with Crippen LogP contribution in [0.25, 0.3) is 28.0 Å². The Balaban J connectivity index is 1.91. The van der Waals surface area contributed by atoms with E-state index in [9.17, 15) is 0 Å². The predicted molar refractivity (Wildman–Crippen MR) is 108 cm³/mol. The molecule has 0 aliphatic heterocycles. The topological polar surface area (TPSA) is 20.5 Å². The van der Waals surface area contributed by atoms with Gasteiger partial charge < -0.3 is 9.30 Å². The summed E-state index contributed by atoms with van der Waals surface area (Å²) in [5.41, 5.74) is 6.58. The van der Waals surface area contributed by atoms with Gasteiger partial charge in [-0.3, -0.25) is 0 Å². The molecule has 0 amide bonds. The number of benzene rings is 2. The molecule has 0 spiro atoms. The predicted octanol–water partition coefficient (Wildman–Crippen LogP) is 5.38. The van der Waals surface area contributed by atoms with Gasteiger partial charge in [0.15, 0.2) is 0 Å². The summed E-state index contributed by atoms with van der Waals surface area (Å²) in [6.07, 6.45) is 2.18. The molecule has 2 aromatic carbocycles. The summed E-state index contributed by atoms with van der Waals surface area (Å²) in [4.78, 5) is 7.06. The zero-order valence-electron chi connectivity index (χ0n) is 14.9. The van der Waals surface area contributed by atoms with Gasteiger partial charge in [-0.1, -0.05) is 54.1 Å². The van der Waals surface area contributed by atoms with E-state index in [1.165, 1.54) is 16.8 Å². The standard InChI is InChI=1S/C22H20ClN3/c1-25(2)15-20-22(17-8-11-19(23)12-9-17)24-21-13-10-18(14-26(20)21)16-6-4-3-5-7-16/h3-14H,15H2,1-2H3. The first-order valence-corrected chi connectivity index (χ1v) is 8.97. The van der Waals surface area contributed by atoms with Crippen LogP contribution in [0.5, 0.6) is 0 Å². The van der Waals surface area contributed by atoms with Gasteiger partial charge in [0.05, 0.1) is 11.4 Å². The lowest BCUT2D eigenvalue weighted by molar-refractivity contribution is 0.396. The van der Waals surface area contributed by atoms with Crippen LogP contribution in [-0.2, 0) is 6.54 Å². The van der Waals surface area contributed by atoms with Gasteiger partial charge in [-0.2, -0.15) is 0 Å². The smallest absolute Gasteiger partial charge is 0.137 e. The van der Waals surface area contributed by atoms with E-state index in [1.807, 2.05) is 30.3 Å². The first-order valence-electron chi connectivity index (χ1n) is 8.59. The molecule has 4 heteroatoms. The summed E-state index contributed by atoms with van der Waals surface area (Å²) in [5.74, 6) is 0. The Bertz CT molecular complexity index is 1030. The highest BCUT2D eigenvalue weighted by Crippen LogP contribution is 2.28. The van der Waals surface area contributed by atoms with Crippen molar-refractivity contribution in [3.8, 4) is 22.4 Å². The molecule has 0 saturated carbocycles. The van der Waals surface area contributed by atoms with E-state index in [-0.39, 0.29) is 0 Å². The summed E-state index contributed by atoms with van der Waals surface area (Å²) in [6.45, 7) is 0.803. The normalized spacial score (nSPS) is 11.4. The maximum Gasteiger partial charge on any atom is 0.137 e. The van der Waals surface area contributed by atoms with Gasteiger partial charge in [0.2, 0.25) is 0 Å². The molecule has 0 saturated heterocycles. The number of rotatable bonds is 4. The number of hydrogen-bond donors (Lipinski definition) is 0. The first kappa shape index (κ1) is 16.8. The van der Waals surface area contributed by atoms with Crippen molar-refractivity contribution in [2.45, 2.75) is 6.54 Å². The Labute approximate surface area is 158 Å². The third-order valence-corrected chi connectivity index (χ3v) is 4.66. The van der Waals surface area contributed by atoms with Gasteiger partial charge in [-0.05, 0) is 49.5 Å². The van der Waals surface area contributed by atoms with E-state index < -0.39 is 0 Å². The van der Waals surface area contributed by atoms with Gasteiger partial charge in [0, 0.05) is 23.3 Å². The molecule has 4 aromatic rings. The van der Waals surface area contributed by atoms with E-state index in [4.69, 9.17) is 16.6 Å². The molecular weight excluding hydrogens is 342 g/mol. The highest BCUT2D eigenvalue weighted by molar-refractivity contribution is 6.30. The van der Waals surface area contributed by atoms with E-state index in [0.717, 1.165) is 28.5 Å². The minimum atomic E-state index is 0.734. The van der Waals surface area contributed by atoms with Crippen LogP contribution in [0.4, 0.5) is 0 Å². The van der Waals surface area contributed by atoms with Crippen LogP contribution in [-0.4, -0.2) is 28.4 Å². The number of pyridine rings is 1. The van der Waals surface area contributed by atoms with Gasteiger partial charge in [0.25, 0.3) is 0 Å². The van der Waals surface area contributed by atoms with Crippen molar-refractivity contribution >= 4 is 17.2 Å². The minimum Gasteiger partial charge on any atom is -0.304 e. The average Bonchev–Trinajstić information content (AvgIpc) is 3.00. The Kier molecular flexibility index (Phi) is 4.49. The van der Waals surface area contributed by atoms with Crippen LogP contribution in [0.2, 0.25) is 5.02 Å². The SMILES string of the molecule is CN(C)Cc1c(-c2ccc(Cl)cc2)nc2ccc(-c3ccccc3)cn12. The molecule has 0 aliphatic carbocycles. The quantitative estimate of drug-likeness (QED) is 0.486. The van der Waals surface area contributed by atoms with Crippen molar-refractivity contribution in [2.75, 3.05) is 14.1 Å². The van der Waals surface area contributed by atoms with Crippen molar-refractivity contribution in [3.05, 3.63) is 83.6 Å². The molecule has 0 unspecified atom stereocenters. The molecule has 2 aromatic heterocycles. The third-order valence-electron chi connectivity index (χ3n) is 4.41. The van der Waals surface area contributed by atoms with Crippen LogP contribution >= 0.6 is 11.6 Å². The second kappa shape index (κ2) is 6.94. The average molecular weight is 362 g/mol. The molecule has 0 fully saturated rings. The molecule has 0 N–H and O–H groups in total. The Morgan fingerprint density at radius 3 is 2.23 bits per heavy atom. The number of nitrogens with zero attached hydrogens (tertiary/aromatic N) is 3. The van der Waals surface area contributed by atoms with Gasteiger partial charge in [-0.25, -0.2) is 4.98 Å². The van der Waals surface area contributed by atoms with Crippen LogP contribution in [0.3, 0.4) is 0 Å². The molecule has 0 radical (unpaired) electrons. The van der Waals surface area contributed by atoms with Gasteiger partial charge in [-0.15, -0.1) is 0 Å². The lowest BCUT2D eigenvalue weighted by Gasteiger charge is -2.12. The van der Waals surface area contributed by atoms with Crippen molar-refractivity contribution in [1.29, 1.82) is 0 Å². The van der Waals surface area contributed by atoms with E-state index in [0.29, 0.717) is 0 Å². The first-order chi connectivity index (χ1) is 12.6. The molecule has 26 heavy (non-hydrogen) atoms. The Morgan fingerprint density at radius 2 is 1.54 bits per heavy atom. The van der Waals surface area contributed by atoms with Gasteiger partial charge >= 0.3 is 0 Å². The summed E-state index contributed by atoms with van der Waals surface area (Å²) in [7, 11) is 4.15. The van der Waals surface area contributed by atoms with Crippen molar-refractivity contribution < 1.29 is 0 Å². The van der Waals surface area contributed by atoms with Crippen LogP contribution < -0.4 is 0 Å². The van der Waals surface area contributed by atoms with Crippen molar-refractivity contribution in [1.82, 2.24) is 14.3 Å². The highest BCUT2D eigenvalue weighted by atomic mass is 35.5. The third kappa shape index (κ3) is 3.24. The molecule has 0 atom stereocenters. The Hall–Kier alpha value is -2.62. The molecule has 2 heterocycles. The lowest BCUT2D eigenvalue weighted by Crippen LogP contribution is -2.13. The fourth-order valence-electron chi connectivity index (χ4n) is 3.18. The summed E-state index contributed by atoms with van der Waals surface area (Å²) in [6, 6.07) is 22.5.